The van der Waals surface area contributed by atoms with E-state index in [0.29, 0.717) is 11.1 Å². The first-order valence-corrected chi connectivity index (χ1v) is 5.79. The second kappa shape index (κ2) is 4.72. The Morgan fingerprint density at radius 2 is 1.53 bits per heavy atom. The molecule has 1 atom stereocenters. The fraction of sp³-hybridized carbons (Fsp3) is 0.250. The van der Waals surface area contributed by atoms with Crippen LogP contribution in [-0.2, 0) is 0 Å². The van der Waals surface area contributed by atoms with Gasteiger partial charge in [0.2, 0.25) is 0 Å². The fourth-order valence-electron chi connectivity index (χ4n) is 2.29. The van der Waals surface area contributed by atoms with E-state index in [-0.39, 0.29) is 0 Å². The van der Waals surface area contributed by atoms with Crippen LogP contribution in [0.5, 0.6) is 0 Å². The van der Waals surface area contributed by atoms with Crippen LogP contribution in [0.25, 0.3) is 0 Å². The molecule has 0 heterocycles. The molecule has 0 bridgehead atoms. The minimum atomic E-state index is -1.69. The summed E-state index contributed by atoms with van der Waals surface area (Å²) in [6.07, 6.45) is -1.69. The van der Waals surface area contributed by atoms with Gasteiger partial charge < -0.3 is 5.11 Å². The summed E-state index contributed by atoms with van der Waals surface area (Å²) in [4.78, 5) is 0. The van der Waals surface area contributed by atoms with Crippen molar-refractivity contribution in [1.29, 1.82) is 0 Å². The summed E-state index contributed by atoms with van der Waals surface area (Å²) in [5.74, 6) is 0. The molecule has 1 N–H and O–H groups in total. The van der Waals surface area contributed by atoms with Crippen molar-refractivity contribution in [3.63, 3.8) is 0 Å². The molecule has 2 aromatic rings. The molecule has 2 aromatic carbocycles. The van der Waals surface area contributed by atoms with Gasteiger partial charge in [0.05, 0.1) is 1.37 Å². The fourth-order valence-corrected chi connectivity index (χ4v) is 2.29. The highest BCUT2D eigenvalue weighted by Gasteiger charge is 2.15. The quantitative estimate of drug-likeness (QED) is 0.829. The van der Waals surface area contributed by atoms with Crippen LogP contribution < -0.4 is 0 Å². The van der Waals surface area contributed by atoms with Crippen LogP contribution in [-0.4, -0.2) is 5.11 Å². The van der Waals surface area contributed by atoms with Crippen LogP contribution >= 0.6 is 0 Å². The van der Waals surface area contributed by atoms with E-state index in [4.69, 9.17) is 1.37 Å². The number of hydrogen-bond acceptors (Lipinski definition) is 1. The predicted octanol–water partition coefficient (Wildman–Crippen LogP) is 3.69. The number of aliphatic hydroxyl groups is 1. The lowest BCUT2D eigenvalue weighted by molar-refractivity contribution is 0.219. The third-order valence-corrected chi connectivity index (χ3v) is 2.96. The van der Waals surface area contributed by atoms with Crippen molar-refractivity contribution in [2.45, 2.75) is 26.9 Å². The topological polar surface area (TPSA) is 20.2 Å². The molecular formula is C16H18O. The third kappa shape index (κ3) is 2.40. The molecule has 0 saturated carbocycles. The molecule has 2 rings (SSSR count). The first-order chi connectivity index (χ1) is 8.43. The van der Waals surface area contributed by atoms with Gasteiger partial charge in [-0.2, -0.15) is 0 Å². The van der Waals surface area contributed by atoms with Crippen LogP contribution in [0.4, 0.5) is 0 Å². The molecule has 0 amide bonds. The summed E-state index contributed by atoms with van der Waals surface area (Å²) in [6.45, 7) is 5.91. The molecule has 0 fully saturated rings. The van der Waals surface area contributed by atoms with Gasteiger partial charge in [0, 0.05) is 0 Å². The van der Waals surface area contributed by atoms with E-state index < -0.39 is 6.08 Å². The van der Waals surface area contributed by atoms with Gasteiger partial charge in [-0.25, -0.2) is 0 Å². The van der Waals surface area contributed by atoms with Gasteiger partial charge >= 0.3 is 0 Å². The number of hydrogen-bond donors (Lipinski definition) is 1. The molecule has 0 radical (unpaired) electrons. The van der Waals surface area contributed by atoms with Crippen LogP contribution in [0.2, 0.25) is 0 Å². The van der Waals surface area contributed by atoms with Crippen LogP contribution in [0, 0.1) is 20.8 Å². The van der Waals surface area contributed by atoms with Gasteiger partial charge in [-0.3, -0.25) is 0 Å². The van der Waals surface area contributed by atoms with Crippen molar-refractivity contribution >= 4 is 0 Å². The Bertz CT molecular complexity index is 536. The Morgan fingerprint density at radius 1 is 1.00 bits per heavy atom. The average Bonchev–Trinajstić information content (AvgIpc) is 2.28. The Balaban J connectivity index is 2.61. The van der Waals surface area contributed by atoms with E-state index >= 15 is 0 Å². The second-order valence-electron chi connectivity index (χ2n) is 4.49. The minimum absolute atomic E-state index is 0.597. The summed E-state index contributed by atoms with van der Waals surface area (Å²) in [7, 11) is 0. The molecule has 17 heavy (non-hydrogen) atoms. The van der Waals surface area contributed by atoms with Crippen molar-refractivity contribution in [2.75, 3.05) is 0 Å². The van der Waals surface area contributed by atoms with Gasteiger partial charge in [-0.1, -0.05) is 48.0 Å². The lowest BCUT2D eigenvalue weighted by Crippen LogP contribution is -2.04. The highest BCUT2D eigenvalue weighted by atomic mass is 16.3. The summed E-state index contributed by atoms with van der Waals surface area (Å²) < 4.78 is 8.32. The molecule has 1 heteroatoms. The van der Waals surface area contributed by atoms with Gasteiger partial charge in [-0.15, -0.1) is 0 Å². The van der Waals surface area contributed by atoms with Crippen molar-refractivity contribution in [3.05, 3.63) is 70.3 Å². The smallest absolute Gasteiger partial charge is 0.105 e. The third-order valence-electron chi connectivity index (χ3n) is 2.96. The minimum Gasteiger partial charge on any atom is -0.384 e. The van der Waals surface area contributed by atoms with Crippen LogP contribution in [0.3, 0.4) is 0 Å². The zero-order valence-electron chi connectivity index (χ0n) is 11.5. The molecule has 0 saturated heterocycles. The molecule has 1 unspecified atom stereocenters. The van der Waals surface area contributed by atoms with Crippen LogP contribution in [0.1, 0.15) is 35.3 Å². The first-order valence-electron chi connectivity index (χ1n) is 6.29. The highest BCUT2D eigenvalue weighted by Crippen LogP contribution is 2.28. The van der Waals surface area contributed by atoms with Crippen molar-refractivity contribution in [2.24, 2.45) is 0 Å². The molecule has 1 nitrogen and oxygen atoms in total. The lowest BCUT2D eigenvalue weighted by Gasteiger charge is -2.17. The standard InChI is InChI=1S/C16H18O/c1-11-9-12(2)15(13(3)10-11)16(17)14-7-5-4-6-8-14/h4-10,16-17H,1-3H3/i16D. The second-order valence-corrected chi connectivity index (χ2v) is 4.49. The maximum atomic E-state index is 10.6. The van der Waals surface area contributed by atoms with E-state index in [1.54, 1.807) is 12.1 Å². The Morgan fingerprint density at radius 3 is 2.06 bits per heavy atom. The number of aryl methyl sites for hydroxylation is 3. The summed E-state index contributed by atoms with van der Waals surface area (Å²) in [6, 6.07) is 13.1. The van der Waals surface area contributed by atoms with E-state index in [1.165, 1.54) is 0 Å². The number of rotatable bonds is 2. The Kier molecular flexibility index (Phi) is 2.93. The largest absolute Gasteiger partial charge is 0.384 e. The molecule has 88 valence electrons. The van der Waals surface area contributed by atoms with E-state index in [0.717, 1.165) is 16.7 Å². The lowest BCUT2D eigenvalue weighted by atomic mass is 9.92. The van der Waals surface area contributed by atoms with Gasteiger partial charge in [-0.05, 0) is 43.0 Å². The van der Waals surface area contributed by atoms with Gasteiger partial charge in [0.25, 0.3) is 0 Å². The molecule has 0 aromatic heterocycles. The van der Waals surface area contributed by atoms with E-state index in [2.05, 4.69) is 0 Å². The number of benzene rings is 2. The predicted molar refractivity (Wildman–Crippen MR) is 71.2 cm³/mol. The first kappa shape index (κ1) is 10.5. The zero-order chi connectivity index (χ0) is 13.3. The molecule has 0 aliphatic rings. The summed E-state index contributed by atoms with van der Waals surface area (Å²) in [5.41, 5.74) is 4.33. The summed E-state index contributed by atoms with van der Waals surface area (Å²) in [5, 5.41) is 10.6. The monoisotopic (exact) mass is 227 g/mol. The molecule has 0 aliphatic carbocycles. The molecular weight excluding hydrogens is 208 g/mol. The zero-order valence-corrected chi connectivity index (χ0v) is 10.5. The molecule has 0 spiro atoms. The normalized spacial score (nSPS) is 15.2. The average molecular weight is 227 g/mol. The Hall–Kier alpha value is -1.60. The summed E-state index contributed by atoms with van der Waals surface area (Å²) >= 11 is 0. The van der Waals surface area contributed by atoms with Gasteiger partial charge in [0.15, 0.2) is 0 Å². The Labute approximate surface area is 104 Å². The van der Waals surface area contributed by atoms with Crippen molar-refractivity contribution < 1.29 is 6.48 Å². The maximum Gasteiger partial charge on any atom is 0.105 e. The van der Waals surface area contributed by atoms with Crippen molar-refractivity contribution in [3.8, 4) is 0 Å². The maximum absolute atomic E-state index is 10.6. The highest BCUT2D eigenvalue weighted by molar-refractivity contribution is 5.42. The van der Waals surface area contributed by atoms with Crippen molar-refractivity contribution in [1.82, 2.24) is 0 Å². The van der Waals surface area contributed by atoms with E-state index in [1.807, 2.05) is 51.1 Å². The SMILES string of the molecule is [2H]C(O)(c1ccccc1)c1c(C)cc(C)cc1C. The molecule has 0 aliphatic heterocycles. The van der Waals surface area contributed by atoms with E-state index in [9.17, 15) is 5.11 Å². The van der Waals surface area contributed by atoms with Crippen LogP contribution in [0.15, 0.2) is 42.5 Å². The van der Waals surface area contributed by atoms with Gasteiger partial charge in [0.1, 0.15) is 6.08 Å².